The quantitative estimate of drug-likeness (QED) is 0.937. The average Bonchev–Trinajstić information content (AvgIpc) is 2.38. The summed E-state index contributed by atoms with van der Waals surface area (Å²) in [7, 11) is 0. The second kappa shape index (κ2) is 5.28. The number of aromatic nitrogens is 2. The first-order chi connectivity index (χ1) is 9.38. The molecule has 1 heterocycles. The number of carbonyl (C=O) groups is 1. The number of rotatable bonds is 3. The lowest BCUT2D eigenvalue weighted by Gasteiger charge is -2.07. The van der Waals surface area contributed by atoms with E-state index in [1.54, 1.807) is 24.3 Å². The minimum Gasteiger partial charge on any atom is -0.366 e. The zero-order valence-corrected chi connectivity index (χ0v) is 10.2. The predicted octanol–water partition coefficient (Wildman–Crippen LogP) is 2.19. The summed E-state index contributed by atoms with van der Waals surface area (Å²) in [6.45, 7) is 0. The van der Waals surface area contributed by atoms with Crippen LogP contribution in [0.1, 0.15) is 27.3 Å². The zero-order chi connectivity index (χ0) is 14.8. The van der Waals surface area contributed by atoms with Crippen molar-refractivity contribution >= 4 is 5.91 Å². The van der Waals surface area contributed by atoms with E-state index in [1.165, 1.54) is 0 Å². The van der Waals surface area contributed by atoms with Crippen LogP contribution < -0.4 is 5.73 Å². The maximum atomic E-state index is 12.3. The number of hydrogen-bond acceptors (Lipinski definition) is 3. The van der Waals surface area contributed by atoms with Gasteiger partial charge in [0.2, 0.25) is 11.7 Å². The Labute approximate surface area is 112 Å². The molecule has 0 aliphatic carbocycles. The van der Waals surface area contributed by atoms with Gasteiger partial charge in [0.05, 0.1) is 0 Å². The van der Waals surface area contributed by atoms with Crippen LogP contribution in [0.2, 0.25) is 0 Å². The molecule has 2 N–H and O–H groups in total. The predicted molar refractivity (Wildman–Crippen MR) is 64.8 cm³/mol. The van der Waals surface area contributed by atoms with E-state index in [-0.39, 0.29) is 6.42 Å². The van der Waals surface area contributed by atoms with Crippen LogP contribution in [-0.2, 0) is 12.6 Å². The van der Waals surface area contributed by atoms with Crippen molar-refractivity contribution < 1.29 is 18.0 Å². The van der Waals surface area contributed by atoms with E-state index in [4.69, 9.17) is 5.73 Å². The molecule has 0 saturated carbocycles. The molecule has 1 amide bonds. The number of primary amides is 1. The molecule has 0 saturated heterocycles. The molecule has 0 atom stereocenters. The van der Waals surface area contributed by atoms with Gasteiger partial charge in [0.25, 0.3) is 0 Å². The highest BCUT2D eigenvalue weighted by Gasteiger charge is 2.34. The fourth-order valence-corrected chi connectivity index (χ4v) is 1.73. The van der Waals surface area contributed by atoms with E-state index >= 15 is 0 Å². The first-order valence-corrected chi connectivity index (χ1v) is 5.64. The largest absolute Gasteiger partial charge is 0.451 e. The van der Waals surface area contributed by atoms with E-state index < -0.39 is 17.9 Å². The molecular weight excluding hydrogens is 271 g/mol. The van der Waals surface area contributed by atoms with Gasteiger partial charge in [-0.1, -0.05) is 18.2 Å². The summed E-state index contributed by atoms with van der Waals surface area (Å²) in [5.41, 5.74) is 6.64. The first kappa shape index (κ1) is 14.0. The molecule has 2 aromatic rings. The average molecular weight is 281 g/mol. The molecule has 0 aliphatic rings. The van der Waals surface area contributed by atoms with Crippen LogP contribution in [0.5, 0.6) is 0 Å². The molecule has 0 aliphatic heterocycles. The van der Waals surface area contributed by atoms with Gasteiger partial charge < -0.3 is 5.73 Å². The SMILES string of the molecule is NC(=O)c1ccccc1Cc1cnc(C(F)(F)F)nc1. The Morgan fingerprint density at radius 1 is 1.15 bits per heavy atom. The summed E-state index contributed by atoms with van der Waals surface area (Å²) in [6, 6.07) is 6.61. The molecule has 1 aromatic carbocycles. The summed E-state index contributed by atoms with van der Waals surface area (Å²) >= 11 is 0. The van der Waals surface area contributed by atoms with Crippen molar-refractivity contribution in [1.82, 2.24) is 9.97 Å². The number of halogens is 3. The Hall–Kier alpha value is -2.44. The van der Waals surface area contributed by atoms with Crippen molar-refractivity contribution in [2.75, 3.05) is 0 Å². The number of benzene rings is 1. The Morgan fingerprint density at radius 3 is 2.30 bits per heavy atom. The van der Waals surface area contributed by atoms with Crippen molar-refractivity contribution in [3.05, 3.63) is 59.2 Å². The highest BCUT2D eigenvalue weighted by atomic mass is 19.4. The van der Waals surface area contributed by atoms with Crippen molar-refractivity contribution in [2.24, 2.45) is 5.73 Å². The van der Waals surface area contributed by atoms with Crippen LogP contribution >= 0.6 is 0 Å². The lowest BCUT2D eigenvalue weighted by Crippen LogP contribution is -2.14. The third-order valence-corrected chi connectivity index (χ3v) is 2.64. The Morgan fingerprint density at radius 2 is 1.75 bits per heavy atom. The van der Waals surface area contributed by atoms with E-state index in [2.05, 4.69) is 9.97 Å². The monoisotopic (exact) mass is 281 g/mol. The molecule has 104 valence electrons. The van der Waals surface area contributed by atoms with Gasteiger partial charge in [0, 0.05) is 24.4 Å². The summed E-state index contributed by atoms with van der Waals surface area (Å²) in [4.78, 5) is 17.8. The van der Waals surface area contributed by atoms with Crippen LogP contribution in [-0.4, -0.2) is 15.9 Å². The molecular formula is C13H10F3N3O. The Bertz CT molecular complexity index is 624. The summed E-state index contributed by atoms with van der Waals surface area (Å²) in [6.07, 6.45) is -2.15. The second-order valence-electron chi connectivity index (χ2n) is 4.11. The molecule has 0 spiro atoms. The van der Waals surface area contributed by atoms with Gasteiger partial charge in [0.15, 0.2) is 0 Å². The molecule has 0 fully saturated rings. The van der Waals surface area contributed by atoms with Crippen LogP contribution in [0.25, 0.3) is 0 Å². The van der Waals surface area contributed by atoms with Crippen molar-refractivity contribution in [1.29, 1.82) is 0 Å². The highest BCUT2D eigenvalue weighted by Crippen LogP contribution is 2.25. The fraction of sp³-hybridized carbons (Fsp3) is 0.154. The molecule has 7 heteroatoms. The zero-order valence-electron chi connectivity index (χ0n) is 10.2. The van der Waals surface area contributed by atoms with E-state index in [1.807, 2.05) is 0 Å². The number of alkyl halides is 3. The lowest BCUT2D eigenvalue weighted by molar-refractivity contribution is -0.145. The standard InChI is InChI=1S/C13H10F3N3O/c14-13(15,16)12-18-6-8(7-19-12)5-9-3-1-2-4-10(9)11(17)20/h1-4,6-7H,5H2,(H2,17,20). The van der Waals surface area contributed by atoms with E-state index in [0.717, 1.165) is 12.4 Å². The van der Waals surface area contributed by atoms with Gasteiger partial charge in [0.1, 0.15) is 0 Å². The molecule has 0 radical (unpaired) electrons. The molecule has 20 heavy (non-hydrogen) atoms. The second-order valence-corrected chi connectivity index (χ2v) is 4.11. The summed E-state index contributed by atoms with van der Waals surface area (Å²) < 4.78 is 37.0. The number of amides is 1. The van der Waals surface area contributed by atoms with Crippen molar-refractivity contribution in [2.45, 2.75) is 12.6 Å². The van der Waals surface area contributed by atoms with E-state index in [9.17, 15) is 18.0 Å². The topological polar surface area (TPSA) is 68.9 Å². The van der Waals surface area contributed by atoms with Crippen LogP contribution in [0.4, 0.5) is 13.2 Å². The molecule has 2 rings (SSSR count). The lowest BCUT2D eigenvalue weighted by atomic mass is 10.0. The molecule has 4 nitrogen and oxygen atoms in total. The minimum atomic E-state index is -4.57. The minimum absolute atomic E-state index is 0.233. The Balaban J connectivity index is 2.25. The first-order valence-electron chi connectivity index (χ1n) is 5.64. The van der Waals surface area contributed by atoms with Gasteiger partial charge in [-0.15, -0.1) is 0 Å². The van der Waals surface area contributed by atoms with Crippen LogP contribution in [0.15, 0.2) is 36.7 Å². The number of nitrogens with two attached hydrogens (primary N) is 1. The maximum Gasteiger partial charge on any atom is 0.451 e. The van der Waals surface area contributed by atoms with E-state index in [0.29, 0.717) is 16.7 Å². The number of carbonyl (C=O) groups excluding carboxylic acids is 1. The van der Waals surface area contributed by atoms with Crippen molar-refractivity contribution in [3.8, 4) is 0 Å². The van der Waals surface area contributed by atoms with Crippen LogP contribution in [0, 0.1) is 0 Å². The smallest absolute Gasteiger partial charge is 0.366 e. The maximum absolute atomic E-state index is 12.3. The summed E-state index contributed by atoms with van der Waals surface area (Å²) in [5.74, 6) is -1.78. The van der Waals surface area contributed by atoms with Gasteiger partial charge in [-0.2, -0.15) is 13.2 Å². The normalized spacial score (nSPS) is 11.3. The molecule has 0 unspecified atom stereocenters. The van der Waals surface area contributed by atoms with Crippen LogP contribution in [0.3, 0.4) is 0 Å². The molecule has 1 aromatic heterocycles. The third-order valence-electron chi connectivity index (χ3n) is 2.64. The van der Waals surface area contributed by atoms with Gasteiger partial charge in [-0.3, -0.25) is 4.79 Å². The summed E-state index contributed by atoms with van der Waals surface area (Å²) in [5, 5.41) is 0. The molecule has 0 bridgehead atoms. The number of nitrogens with zero attached hydrogens (tertiary/aromatic N) is 2. The Kier molecular flexibility index (Phi) is 3.69. The fourth-order valence-electron chi connectivity index (χ4n) is 1.73. The van der Waals surface area contributed by atoms with Gasteiger partial charge in [-0.05, 0) is 17.2 Å². The van der Waals surface area contributed by atoms with Gasteiger partial charge >= 0.3 is 6.18 Å². The third kappa shape index (κ3) is 3.11. The van der Waals surface area contributed by atoms with Gasteiger partial charge in [-0.25, -0.2) is 9.97 Å². The highest BCUT2D eigenvalue weighted by molar-refractivity contribution is 5.94. The van der Waals surface area contributed by atoms with Crippen molar-refractivity contribution in [3.63, 3.8) is 0 Å². The number of hydrogen-bond donors (Lipinski definition) is 1.